The van der Waals surface area contributed by atoms with Crippen LogP contribution in [-0.2, 0) is 19.0 Å². The summed E-state index contributed by atoms with van der Waals surface area (Å²) < 4.78 is 15.0. The molecular weight excluding hydrogens is 460 g/mol. The fraction of sp³-hybridized carbons (Fsp3) is 0.345. The van der Waals surface area contributed by atoms with Crippen molar-refractivity contribution in [3.63, 3.8) is 0 Å². The van der Waals surface area contributed by atoms with E-state index in [1.165, 1.54) is 28.3 Å². The molecule has 0 spiro atoms. The largest absolute Gasteiger partial charge is 0.478 e. The lowest BCUT2D eigenvalue weighted by atomic mass is 9.81. The van der Waals surface area contributed by atoms with Gasteiger partial charge in [0.05, 0.1) is 52.9 Å². The number of aliphatic hydroxyl groups is 2. The smallest absolute Gasteiger partial charge is 0.328 e. The predicted octanol–water partition coefficient (Wildman–Crippen LogP) is 3.64. The summed E-state index contributed by atoms with van der Waals surface area (Å²) in [6.07, 6.45) is 9.76. The minimum atomic E-state index is -0.893. The zero-order chi connectivity index (χ0) is 25.6. The zero-order valence-corrected chi connectivity index (χ0v) is 20.3. The number of benzene rings is 2. The third-order valence-electron chi connectivity index (χ3n) is 5.82. The van der Waals surface area contributed by atoms with Gasteiger partial charge in [0.2, 0.25) is 0 Å². The lowest BCUT2D eigenvalue weighted by molar-refractivity contribution is -0.131. The Hall–Kier alpha value is -3.07. The number of ether oxygens (including phenoxy) is 3. The van der Waals surface area contributed by atoms with Crippen molar-refractivity contribution in [1.29, 1.82) is 0 Å². The van der Waals surface area contributed by atoms with Crippen molar-refractivity contribution in [2.75, 3.05) is 52.9 Å². The number of allylic oxidation sites excluding steroid dienone is 3. The molecule has 3 N–H and O–H groups in total. The van der Waals surface area contributed by atoms with Gasteiger partial charge in [0, 0.05) is 17.9 Å². The minimum Gasteiger partial charge on any atom is -0.478 e. The topological polar surface area (TPSA) is 105 Å². The van der Waals surface area contributed by atoms with E-state index in [2.05, 4.69) is 48.6 Å². The highest BCUT2D eigenvalue weighted by Gasteiger charge is 2.29. The molecule has 0 bridgehead atoms. The predicted molar refractivity (Wildman–Crippen MR) is 139 cm³/mol. The molecule has 2 aromatic carbocycles. The number of carboxylic acids is 1. The van der Waals surface area contributed by atoms with Crippen molar-refractivity contribution in [1.82, 2.24) is 0 Å². The van der Waals surface area contributed by atoms with Crippen molar-refractivity contribution >= 4 is 18.1 Å². The average Bonchev–Trinajstić information content (AvgIpc) is 3.51. The van der Waals surface area contributed by atoms with E-state index in [1.54, 1.807) is 0 Å². The van der Waals surface area contributed by atoms with Gasteiger partial charge in [-0.05, 0) is 27.8 Å². The van der Waals surface area contributed by atoms with E-state index in [9.17, 15) is 9.90 Å². The van der Waals surface area contributed by atoms with Gasteiger partial charge in [0.1, 0.15) is 0 Å². The molecule has 0 aromatic heterocycles. The van der Waals surface area contributed by atoms with Crippen LogP contribution in [0.3, 0.4) is 0 Å². The summed E-state index contributed by atoms with van der Waals surface area (Å²) in [5.74, 6) is -0.859. The van der Waals surface area contributed by atoms with E-state index in [-0.39, 0.29) is 25.0 Å². The zero-order valence-electron chi connectivity index (χ0n) is 20.3. The molecule has 4 rings (SSSR count). The van der Waals surface area contributed by atoms with Crippen LogP contribution < -0.4 is 0 Å². The Morgan fingerprint density at radius 1 is 0.694 bits per heavy atom. The van der Waals surface area contributed by atoms with Gasteiger partial charge in [-0.1, -0.05) is 72.8 Å². The molecule has 7 heteroatoms. The summed E-state index contributed by atoms with van der Waals surface area (Å²) in [6.45, 7) is 2.76. The molecule has 2 aliphatic rings. The lowest BCUT2D eigenvalue weighted by Gasteiger charge is -2.21. The van der Waals surface area contributed by atoms with Crippen LogP contribution in [-0.4, -0.2) is 74.1 Å². The number of fused-ring (bicyclic) bond motifs is 2. The molecule has 36 heavy (non-hydrogen) atoms. The van der Waals surface area contributed by atoms with Gasteiger partial charge >= 0.3 is 5.97 Å². The first-order valence-electron chi connectivity index (χ1n) is 12.1. The lowest BCUT2D eigenvalue weighted by Crippen LogP contribution is -2.11. The van der Waals surface area contributed by atoms with Gasteiger partial charge < -0.3 is 29.5 Å². The number of hydrogen-bond acceptors (Lipinski definition) is 6. The second-order valence-electron chi connectivity index (χ2n) is 8.20. The van der Waals surface area contributed by atoms with Crippen molar-refractivity contribution < 1.29 is 34.3 Å². The van der Waals surface area contributed by atoms with Crippen molar-refractivity contribution in [2.45, 2.75) is 11.8 Å². The Bertz CT molecular complexity index is 984. The Balaban J connectivity index is 0.000000240. The molecule has 7 nitrogen and oxygen atoms in total. The molecule has 0 amide bonds. The molecule has 2 unspecified atom stereocenters. The van der Waals surface area contributed by atoms with Gasteiger partial charge in [-0.25, -0.2) is 4.79 Å². The second-order valence-corrected chi connectivity index (χ2v) is 8.20. The van der Waals surface area contributed by atoms with Crippen molar-refractivity contribution in [3.8, 4) is 0 Å². The van der Waals surface area contributed by atoms with Gasteiger partial charge in [-0.3, -0.25) is 0 Å². The fourth-order valence-electron chi connectivity index (χ4n) is 4.27. The van der Waals surface area contributed by atoms with Crippen LogP contribution in [0.25, 0.3) is 12.2 Å². The SMILES string of the molecule is O=C(O)C=C(C1C=Cc2ccccc21)C1C=Cc2ccccc21.OCCOCCOCCOCCO. The van der Waals surface area contributed by atoms with E-state index in [0.29, 0.717) is 39.6 Å². The third-order valence-corrected chi connectivity index (χ3v) is 5.82. The van der Waals surface area contributed by atoms with Gasteiger partial charge in [-0.15, -0.1) is 0 Å². The summed E-state index contributed by atoms with van der Waals surface area (Å²) >= 11 is 0. The molecule has 2 atom stereocenters. The average molecular weight is 495 g/mol. The van der Waals surface area contributed by atoms with Crippen LogP contribution in [0.15, 0.2) is 72.3 Å². The van der Waals surface area contributed by atoms with E-state index >= 15 is 0 Å². The maximum absolute atomic E-state index is 11.4. The first-order valence-corrected chi connectivity index (χ1v) is 12.1. The molecule has 0 radical (unpaired) electrons. The maximum atomic E-state index is 11.4. The van der Waals surface area contributed by atoms with Crippen molar-refractivity contribution in [3.05, 3.63) is 94.6 Å². The van der Waals surface area contributed by atoms with Gasteiger partial charge in [0.15, 0.2) is 0 Å². The van der Waals surface area contributed by atoms with E-state index in [0.717, 1.165) is 5.57 Å². The first-order chi connectivity index (χ1) is 17.7. The van der Waals surface area contributed by atoms with Gasteiger partial charge in [-0.2, -0.15) is 0 Å². The second kappa shape index (κ2) is 15.1. The molecular formula is C29H34O7. The summed E-state index contributed by atoms with van der Waals surface area (Å²) in [4.78, 5) is 11.4. The van der Waals surface area contributed by atoms with Crippen LogP contribution >= 0.6 is 0 Å². The van der Waals surface area contributed by atoms with E-state index in [1.807, 2.05) is 24.3 Å². The number of carbonyl (C=O) groups is 1. The summed E-state index contributed by atoms with van der Waals surface area (Å²) in [5.41, 5.74) is 5.61. The Morgan fingerprint density at radius 3 is 1.53 bits per heavy atom. The Kier molecular flexibility index (Phi) is 11.6. The highest BCUT2D eigenvalue weighted by Crippen LogP contribution is 2.45. The van der Waals surface area contributed by atoms with Crippen LogP contribution in [0.1, 0.15) is 34.1 Å². The molecule has 0 fully saturated rings. The summed E-state index contributed by atoms with van der Waals surface area (Å²) in [5, 5.41) is 26.1. The first kappa shape index (κ1) is 27.5. The normalized spacial score (nSPS) is 16.7. The maximum Gasteiger partial charge on any atom is 0.328 e. The van der Waals surface area contributed by atoms with Crippen LogP contribution in [0.4, 0.5) is 0 Å². The molecule has 192 valence electrons. The number of hydrogen-bond donors (Lipinski definition) is 3. The third kappa shape index (κ3) is 7.98. The Morgan fingerprint density at radius 2 is 1.11 bits per heavy atom. The molecule has 2 aromatic rings. The van der Waals surface area contributed by atoms with Gasteiger partial charge in [0.25, 0.3) is 0 Å². The van der Waals surface area contributed by atoms with Crippen LogP contribution in [0.2, 0.25) is 0 Å². The summed E-state index contributed by atoms with van der Waals surface area (Å²) in [6, 6.07) is 16.4. The highest BCUT2D eigenvalue weighted by molar-refractivity contribution is 5.83. The monoisotopic (exact) mass is 494 g/mol. The number of aliphatic hydroxyl groups excluding tert-OH is 2. The number of carboxylic acid groups (broad SMARTS) is 1. The van der Waals surface area contributed by atoms with Crippen molar-refractivity contribution in [2.24, 2.45) is 0 Å². The molecule has 2 aliphatic carbocycles. The molecule has 0 saturated heterocycles. The Labute approximate surface area is 212 Å². The number of rotatable bonds is 13. The fourth-order valence-corrected chi connectivity index (χ4v) is 4.27. The molecule has 0 heterocycles. The minimum absolute atomic E-state index is 0.0168. The molecule has 0 saturated carbocycles. The highest BCUT2D eigenvalue weighted by atomic mass is 16.5. The molecule has 0 aliphatic heterocycles. The quantitative estimate of drug-likeness (QED) is 0.288. The number of aliphatic carboxylic acids is 1. The standard InChI is InChI=1S/C21H16O2.C8H18O5/c22-21(23)13-20(18-11-9-14-5-1-3-7-16(14)18)19-12-10-15-6-2-4-8-17(15)19;9-1-3-11-5-7-13-8-6-12-4-2-10/h1-13,18-19H,(H,22,23);9-10H,1-8H2. The summed E-state index contributed by atoms with van der Waals surface area (Å²) in [7, 11) is 0. The van der Waals surface area contributed by atoms with Crippen LogP contribution in [0, 0.1) is 0 Å². The van der Waals surface area contributed by atoms with E-state index in [4.69, 9.17) is 24.4 Å². The van der Waals surface area contributed by atoms with E-state index < -0.39 is 5.97 Å². The van der Waals surface area contributed by atoms with Crippen LogP contribution in [0.5, 0.6) is 0 Å².